The maximum absolute atomic E-state index is 13.7. The minimum Gasteiger partial charge on any atom is -0.463 e. The second kappa shape index (κ2) is 15.9. The van der Waals surface area contributed by atoms with Crippen LogP contribution in [0.1, 0.15) is 62.6 Å². The third kappa shape index (κ3) is 7.75. The van der Waals surface area contributed by atoms with Crippen molar-refractivity contribution in [2.45, 2.75) is 51.4 Å². The Morgan fingerprint density at radius 1 is 0.872 bits per heavy atom. The van der Waals surface area contributed by atoms with Gasteiger partial charge >= 0.3 is 11.9 Å². The van der Waals surface area contributed by atoms with Gasteiger partial charge in [-0.1, -0.05) is 72.8 Å². The van der Waals surface area contributed by atoms with Crippen molar-refractivity contribution in [2.24, 2.45) is 0 Å². The lowest BCUT2D eigenvalue weighted by atomic mass is 9.68. The topological polar surface area (TPSA) is 111 Å². The number of hydrogen-bond acceptors (Lipinski definition) is 8. The summed E-state index contributed by atoms with van der Waals surface area (Å²) in [5.74, 6) is -2.03. The van der Waals surface area contributed by atoms with Crippen molar-refractivity contribution < 1.29 is 24.0 Å². The highest BCUT2D eigenvalue weighted by atomic mass is 35.5. The molecule has 2 heterocycles. The lowest BCUT2D eigenvalue weighted by Crippen LogP contribution is -2.43. The molecule has 1 fully saturated rings. The van der Waals surface area contributed by atoms with Crippen LogP contribution in [0.5, 0.6) is 0 Å². The summed E-state index contributed by atoms with van der Waals surface area (Å²) in [7, 11) is 0. The Morgan fingerprint density at radius 3 is 1.96 bits per heavy atom. The highest BCUT2D eigenvalue weighted by Gasteiger charge is 2.39. The molecule has 0 bridgehead atoms. The van der Waals surface area contributed by atoms with Gasteiger partial charge in [-0.3, -0.25) is 10.1 Å². The molecule has 2 aliphatic rings. The number of benzene rings is 3. The van der Waals surface area contributed by atoms with E-state index in [1.54, 1.807) is 32.9 Å². The zero-order valence-electron chi connectivity index (χ0n) is 27.1. The first-order valence-electron chi connectivity index (χ1n) is 15.9. The van der Waals surface area contributed by atoms with E-state index in [-0.39, 0.29) is 47.9 Å². The van der Waals surface area contributed by atoms with Gasteiger partial charge in [0.25, 0.3) is 5.69 Å². The first-order chi connectivity index (χ1) is 22.2. The van der Waals surface area contributed by atoms with Gasteiger partial charge in [-0.15, -0.1) is 12.4 Å². The molecule has 0 amide bonds. The lowest BCUT2D eigenvalue weighted by molar-refractivity contribution is -0.384. The number of hydrogen-bond donors (Lipinski definition) is 1. The zero-order chi connectivity index (χ0) is 32.7. The minimum atomic E-state index is -0.876. The van der Waals surface area contributed by atoms with Crippen molar-refractivity contribution in [1.82, 2.24) is 10.2 Å². The van der Waals surface area contributed by atoms with Gasteiger partial charge in [0.1, 0.15) is 0 Å². The van der Waals surface area contributed by atoms with Crippen LogP contribution in [-0.2, 0) is 24.5 Å². The van der Waals surface area contributed by atoms with Crippen molar-refractivity contribution in [3.63, 3.8) is 0 Å². The summed E-state index contributed by atoms with van der Waals surface area (Å²) in [4.78, 5) is 40.3. The molecule has 0 spiro atoms. The number of rotatable bonds is 11. The van der Waals surface area contributed by atoms with Gasteiger partial charge in [-0.25, -0.2) is 9.59 Å². The molecule has 10 heteroatoms. The molecule has 3 aromatic carbocycles. The number of nitrogens with zero attached hydrogens (tertiary/aromatic N) is 2. The molecule has 248 valence electrons. The monoisotopic (exact) mass is 659 g/mol. The van der Waals surface area contributed by atoms with E-state index in [1.807, 2.05) is 0 Å². The maximum atomic E-state index is 13.7. The first kappa shape index (κ1) is 35.4. The number of non-ortho nitro benzene ring substituents is 1. The van der Waals surface area contributed by atoms with E-state index in [1.165, 1.54) is 23.3 Å². The van der Waals surface area contributed by atoms with Crippen LogP contribution in [0, 0.1) is 10.1 Å². The van der Waals surface area contributed by atoms with Crippen LogP contribution in [0.3, 0.4) is 0 Å². The fourth-order valence-electron chi connectivity index (χ4n) is 6.84. The van der Waals surface area contributed by atoms with Crippen LogP contribution in [0.4, 0.5) is 5.69 Å². The largest absolute Gasteiger partial charge is 0.463 e. The van der Waals surface area contributed by atoms with Gasteiger partial charge in [0.05, 0.1) is 35.2 Å². The second-order valence-electron chi connectivity index (χ2n) is 11.9. The van der Waals surface area contributed by atoms with Gasteiger partial charge in [0.2, 0.25) is 0 Å². The number of ether oxygens (including phenoxy) is 2. The Balaban J connectivity index is 0.00000500. The van der Waals surface area contributed by atoms with Gasteiger partial charge in [0, 0.05) is 35.5 Å². The first-order valence-corrected chi connectivity index (χ1v) is 15.9. The van der Waals surface area contributed by atoms with Gasteiger partial charge in [-0.05, 0) is 69.8 Å². The molecule has 1 saturated heterocycles. The van der Waals surface area contributed by atoms with Crippen LogP contribution in [-0.4, -0.2) is 54.6 Å². The summed E-state index contributed by atoms with van der Waals surface area (Å²) < 4.78 is 11.1. The predicted molar refractivity (Wildman–Crippen MR) is 183 cm³/mol. The minimum absolute atomic E-state index is 0. The number of halogens is 1. The molecule has 1 atom stereocenters. The molecule has 0 radical (unpaired) electrons. The lowest BCUT2D eigenvalue weighted by Gasteiger charge is -2.43. The Kier molecular flexibility index (Phi) is 12.0. The molecule has 9 nitrogen and oxygen atoms in total. The number of esters is 2. The SMILES string of the molecule is CCOC(=O)C1=C(C)NC(C)=C(C(=O)OCCCN2CCC(c3ccccc3)(c3ccccc3)CC2)C1c1cccc([N+](=O)[O-])c1.Cl. The third-order valence-corrected chi connectivity index (χ3v) is 9.10. The molecule has 1 unspecified atom stereocenters. The van der Waals surface area contributed by atoms with Crippen molar-refractivity contribution >= 4 is 30.0 Å². The number of nitro benzene ring substituents is 1. The highest BCUT2D eigenvalue weighted by Crippen LogP contribution is 2.42. The smallest absolute Gasteiger partial charge is 0.336 e. The molecular formula is C37H42ClN3O6. The van der Waals surface area contributed by atoms with E-state index in [0.717, 1.165) is 32.5 Å². The Bertz CT molecular complexity index is 1590. The summed E-state index contributed by atoms with van der Waals surface area (Å²) in [6.45, 7) is 8.15. The zero-order valence-corrected chi connectivity index (χ0v) is 27.9. The molecule has 1 N–H and O–H groups in total. The summed E-state index contributed by atoms with van der Waals surface area (Å²) in [6, 6.07) is 27.4. The van der Waals surface area contributed by atoms with Crippen LogP contribution in [0.25, 0.3) is 0 Å². The highest BCUT2D eigenvalue weighted by molar-refractivity contribution is 6.00. The van der Waals surface area contributed by atoms with Crippen molar-refractivity contribution in [2.75, 3.05) is 32.8 Å². The fraction of sp³-hybridized carbons (Fsp3) is 0.351. The second-order valence-corrected chi connectivity index (χ2v) is 11.9. The molecule has 0 aromatic heterocycles. The van der Waals surface area contributed by atoms with E-state index >= 15 is 0 Å². The van der Waals surface area contributed by atoms with Gasteiger partial charge < -0.3 is 19.7 Å². The number of likely N-dealkylation sites (tertiary alicyclic amines) is 1. The van der Waals surface area contributed by atoms with E-state index in [9.17, 15) is 19.7 Å². The maximum Gasteiger partial charge on any atom is 0.336 e. The Morgan fingerprint density at radius 2 is 1.43 bits per heavy atom. The summed E-state index contributed by atoms with van der Waals surface area (Å²) >= 11 is 0. The van der Waals surface area contributed by atoms with Gasteiger partial charge in [-0.2, -0.15) is 0 Å². The third-order valence-electron chi connectivity index (χ3n) is 9.10. The predicted octanol–water partition coefficient (Wildman–Crippen LogP) is 6.83. The van der Waals surface area contributed by atoms with Crippen molar-refractivity contribution in [3.8, 4) is 0 Å². The average molecular weight is 660 g/mol. The number of dihydropyridines is 1. The Labute approximate surface area is 282 Å². The summed E-state index contributed by atoms with van der Waals surface area (Å²) in [6.07, 6.45) is 2.63. The van der Waals surface area contributed by atoms with Crippen molar-refractivity contribution in [1.29, 1.82) is 0 Å². The molecule has 47 heavy (non-hydrogen) atoms. The van der Waals surface area contributed by atoms with Crippen molar-refractivity contribution in [3.05, 3.63) is 134 Å². The van der Waals surface area contributed by atoms with E-state index in [4.69, 9.17) is 9.47 Å². The van der Waals surface area contributed by atoms with E-state index < -0.39 is 22.8 Å². The standard InChI is InChI=1S/C37H41N3O6.ClH/c1-4-45-35(41)32-26(2)38-27(3)33(34(32)28-13-11-18-31(25-28)40(43)44)36(42)46-24-12-21-39-22-19-37(20-23-39,29-14-7-5-8-15-29)30-16-9-6-10-17-30;/h5-11,13-18,25,34,38H,4,12,19-24H2,1-3H3;1H. The van der Waals surface area contributed by atoms with Crippen LogP contribution in [0.2, 0.25) is 0 Å². The number of nitrogens with one attached hydrogen (secondary N) is 1. The van der Waals surface area contributed by atoms with Crippen LogP contribution < -0.4 is 5.32 Å². The summed E-state index contributed by atoms with van der Waals surface area (Å²) in [5, 5.41) is 14.7. The average Bonchev–Trinajstić information content (AvgIpc) is 3.07. The molecule has 3 aromatic rings. The number of piperidine rings is 1. The molecule has 0 saturated carbocycles. The fourth-order valence-corrected chi connectivity index (χ4v) is 6.84. The molecular weight excluding hydrogens is 618 g/mol. The van der Waals surface area contributed by atoms with E-state index in [2.05, 4.69) is 70.9 Å². The normalized spacial score (nSPS) is 17.7. The Hall–Kier alpha value is -4.47. The van der Waals surface area contributed by atoms with Crippen LogP contribution >= 0.6 is 12.4 Å². The number of carbonyl (C=O) groups is 2. The number of carbonyl (C=O) groups excluding carboxylic acids is 2. The molecule has 2 aliphatic heterocycles. The number of allylic oxidation sites excluding steroid dienone is 2. The molecule has 5 rings (SSSR count). The quantitative estimate of drug-likeness (QED) is 0.103. The van der Waals surface area contributed by atoms with E-state index in [0.29, 0.717) is 23.4 Å². The summed E-state index contributed by atoms with van der Waals surface area (Å²) in [5.41, 5.74) is 4.47. The van der Waals surface area contributed by atoms with Crippen LogP contribution in [0.15, 0.2) is 107 Å². The molecule has 0 aliphatic carbocycles. The number of nitro groups is 1. The van der Waals surface area contributed by atoms with Gasteiger partial charge in [0.15, 0.2) is 0 Å².